The van der Waals surface area contributed by atoms with Gasteiger partial charge in [0.05, 0.1) is 6.61 Å². The van der Waals surface area contributed by atoms with Gasteiger partial charge in [0, 0.05) is 12.8 Å². The zero-order valence-electron chi connectivity index (χ0n) is 33.6. The van der Waals surface area contributed by atoms with Crippen LogP contribution in [0, 0.1) is 0 Å². The second-order valence-corrected chi connectivity index (χ2v) is 15.2. The molecular formula is C44H77O8P. The lowest BCUT2D eigenvalue weighted by molar-refractivity contribution is -0.161. The summed E-state index contributed by atoms with van der Waals surface area (Å²) in [5, 5.41) is 0. The lowest BCUT2D eigenvalue weighted by atomic mass is 10.0. The van der Waals surface area contributed by atoms with Gasteiger partial charge in [-0.25, -0.2) is 4.57 Å². The number of rotatable bonds is 38. The Hall–Kier alpha value is -2.25. The van der Waals surface area contributed by atoms with Crippen LogP contribution in [0.25, 0.3) is 0 Å². The van der Waals surface area contributed by atoms with E-state index in [9.17, 15) is 14.2 Å². The quantitative estimate of drug-likeness (QED) is 0.0276. The first-order valence-electron chi connectivity index (χ1n) is 21.1. The maximum atomic E-state index is 12.4. The summed E-state index contributed by atoms with van der Waals surface area (Å²) in [6.07, 6.45) is 49.5. The van der Waals surface area contributed by atoms with Crippen LogP contribution in [0.4, 0.5) is 0 Å². The smallest absolute Gasteiger partial charge is 0.462 e. The van der Waals surface area contributed by atoms with Crippen LogP contribution in [-0.4, -0.2) is 41.0 Å². The van der Waals surface area contributed by atoms with Crippen LogP contribution in [0.3, 0.4) is 0 Å². The number of phosphoric ester groups is 1. The average Bonchev–Trinajstić information content (AvgIpc) is 3.13. The van der Waals surface area contributed by atoms with E-state index in [1.165, 1.54) is 109 Å². The van der Waals surface area contributed by atoms with Gasteiger partial charge in [-0.05, 0) is 51.4 Å². The van der Waals surface area contributed by atoms with Gasteiger partial charge in [-0.3, -0.25) is 14.1 Å². The van der Waals surface area contributed by atoms with Crippen LogP contribution < -0.4 is 0 Å². The number of hydrogen-bond donors (Lipinski definition) is 2. The van der Waals surface area contributed by atoms with Crippen molar-refractivity contribution in [3.05, 3.63) is 60.8 Å². The van der Waals surface area contributed by atoms with Gasteiger partial charge < -0.3 is 19.3 Å². The van der Waals surface area contributed by atoms with E-state index in [0.29, 0.717) is 12.8 Å². The predicted octanol–water partition coefficient (Wildman–Crippen LogP) is 12.9. The van der Waals surface area contributed by atoms with Gasteiger partial charge in [-0.1, -0.05) is 184 Å². The molecular weight excluding hydrogens is 687 g/mol. The Balaban J connectivity index is 4.05. The Labute approximate surface area is 324 Å². The molecule has 0 spiro atoms. The molecule has 306 valence electrons. The SMILES string of the molecule is CCCCC/C=C/C/C=C/C/C=C/C/C=C/C/C=C/CCC(=O)O[C@H](COC(=O)CCCCCCCCCCCCCCCCCC)COP(=O)(O)O. The molecule has 0 rings (SSSR count). The summed E-state index contributed by atoms with van der Waals surface area (Å²) in [4.78, 5) is 42.8. The monoisotopic (exact) mass is 765 g/mol. The van der Waals surface area contributed by atoms with Crippen LogP contribution in [0.1, 0.15) is 187 Å². The summed E-state index contributed by atoms with van der Waals surface area (Å²) < 4.78 is 26.3. The molecule has 0 unspecified atom stereocenters. The highest BCUT2D eigenvalue weighted by molar-refractivity contribution is 7.46. The summed E-state index contributed by atoms with van der Waals surface area (Å²) in [6, 6.07) is 0. The van der Waals surface area contributed by atoms with Crippen molar-refractivity contribution in [3.8, 4) is 0 Å². The van der Waals surface area contributed by atoms with Gasteiger partial charge in [0.1, 0.15) is 6.61 Å². The van der Waals surface area contributed by atoms with Crippen molar-refractivity contribution in [2.45, 2.75) is 193 Å². The maximum absolute atomic E-state index is 12.4. The molecule has 0 heterocycles. The molecule has 1 atom stereocenters. The zero-order valence-corrected chi connectivity index (χ0v) is 34.5. The lowest BCUT2D eigenvalue weighted by Gasteiger charge is -2.18. The minimum absolute atomic E-state index is 0.0880. The molecule has 2 N–H and O–H groups in total. The second kappa shape index (κ2) is 39.4. The van der Waals surface area contributed by atoms with E-state index in [2.05, 4.69) is 67.0 Å². The van der Waals surface area contributed by atoms with Crippen molar-refractivity contribution >= 4 is 19.8 Å². The minimum atomic E-state index is -4.77. The third kappa shape index (κ3) is 42.4. The first-order valence-corrected chi connectivity index (χ1v) is 22.6. The number of carbonyl (C=O) groups is 2. The van der Waals surface area contributed by atoms with E-state index < -0.39 is 32.5 Å². The Morgan fingerprint density at radius 3 is 1.34 bits per heavy atom. The fourth-order valence-corrected chi connectivity index (χ4v) is 6.01. The highest BCUT2D eigenvalue weighted by Crippen LogP contribution is 2.36. The van der Waals surface area contributed by atoms with Gasteiger partial charge in [0.2, 0.25) is 0 Å². The topological polar surface area (TPSA) is 119 Å². The Morgan fingerprint density at radius 2 is 0.887 bits per heavy atom. The Morgan fingerprint density at radius 1 is 0.491 bits per heavy atom. The van der Waals surface area contributed by atoms with Crippen molar-refractivity contribution in [3.63, 3.8) is 0 Å². The maximum Gasteiger partial charge on any atom is 0.469 e. The van der Waals surface area contributed by atoms with Crippen molar-refractivity contribution in [2.75, 3.05) is 13.2 Å². The number of carbonyl (C=O) groups excluding carboxylic acids is 2. The number of ether oxygens (including phenoxy) is 2. The number of allylic oxidation sites excluding steroid dienone is 10. The van der Waals surface area contributed by atoms with Crippen LogP contribution in [0.15, 0.2) is 60.8 Å². The van der Waals surface area contributed by atoms with Crippen LogP contribution in [-0.2, 0) is 28.2 Å². The molecule has 53 heavy (non-hydrogen) atoms. The van der Waals surface area contributed by atoms with E-state index >= 15 is 0 Å². The number of phosphoric acid groups is 1. The molecule has 0 aromatic rings. The predicted molar refractivity (Wildman–Crippen MR) is 221 cm³/mol. The average molecular weight is 765 g/mol. The molecule has 9 heteroatoms. The molecule has 0 fully saturated rings. The Bertz CT molecular complexity index is 1040. The lowest BCUT2D eigenvalue weighted by Crippen LogP contribution is -2.29. The minimum Gasteiger partial charge on any atom is -0.462 e. The van der Waals surface area contributed by atoms with E-state index in [4.69, 9.17) is 19.3 Å². The summed E-state index contributed by atoms with van der Waals surface area (Å²) >= 11 is 0. The van der Waals surface area contributed by atoms with E-state index in [-0.39, 0.29) is 19.4 Å². The zero-order chi connectivity index (χ0) is 38.9. The largest absolute Gasteiger partial charge is 0.469 e. The van der Waals surface area contributed by atoms with Gasteiger partial charge in [-0.15, -0.1) is 0 Å². The second-order valence-electron chi connectivity index (χ2n) is 14.0. The molecule has 0 aliphatic carbocycles. The molecule has 0 aromatic carbocycles. The molecule has 0 aromatic heterocycles. The summed E-state index contributed by atoms with van der Waals surface area (Å²) in [5.74, 6) is -0.979. The first-order chi connectivity index (χ1) is 25.8. The van der Waals surface area contributed by atoms with Gasteiger partial charge in [0.25, 0.3) is 0 Å². The molecule has 0 saturated carbocycles. The third-order valence-corrected chi connectivity index (χ3v) is 9.29. The molecule has 8 nitrogen and oxygen atoms in total. The molecule has 0 saturated heterocycles. The normalized spacial score (nSPS) is 13.1. The summed E-state index contributed by atoms with van der Waals surface area (Å²) in [5.41, 5.74) is 0. The van der Waals surface area contributed by atoms with Crippen LogP contribution in [0.5, 0.6) is 0 Å². The van der Waals surface area contributed by atoms with E-state index in [0.717, 1.165) is 38.5 Å². The first kappa shape index (κ1) is 50.8. The van der Waals surface area contributed by atoms with Crippen molar-refractivity contribution in [2.24, 2.45) is 0 Å². The van der Waals surface area contributed by atoms with Gasteiger partial charge in [0.15, 0.2) is 6.10 Å². The van der Waals surface area contributed by atoms with E-state index in [1.807, 2.05) is 12.2 Å². The molecule has 0 aliphatic rings. The number of unbranched alkanes of at least 4 members (excludes halogenated alkanes) is 18. The van der Waals surface area contributed by atoms with Crippen molar-refractivity contribution in [1.29, 1.82) is 0 Å². The van der Waals surface area contributed by atoms with Crippen LogP contribution >= 0.6 is 7.82 Å². The third-order valence-electron chi connectivity index (χ3n) is 8.80. The molecule has 0 aliphatic heterocycles. The standard InChI is InChI=1S/C44H77O8P/c1-3-5-7-9-11-13-15-17-19-21-22-23-25-27-29-31-33-35-37-39-44(46)52-42(41-51-53(47,48)49)40-50-43(45)38-36-34-32-30-28-26-24-20-18-16-14-12-10-8-6-4-2/h11,13,17,19,22-23,27,29,33,35,42H,3-10,12,14-16,18,20-21,24-26,28,30-32,34,36-41H2,1-2H3,(H2,47,48,49)/b13-11+,19-17+,23-22+,29-27+,35-33+/t42-/m1/s1. The van der Waals surface area contributed by atoms with Gasteiger partial charge in [-0.2, -0.15) is 0 Å². The number of esters is 2. The fourth-order valence-electron chi connectivity index (χ4n) is 5.65. The Kier molecular flexibility index (Phi) is 37.8. The highest BCUT2D eigenvalue weighted by atomic mass is 31.2. The van der Waals surface area contributed by atoms with Crippen molar-refractivity contribution in [1.82, 2.24) is 0 Å². The molecule has 0 radical (unpaired) electrons. The highest BCUT2D eigenvalue weighted by Gasteiger charge is 2.22. The van der Waals surface area contributed by atoms with Crippen molar-refractivity contribution < 1.29 is 37.9 Å². The summed E-state index contributed by atoms with van der Waals surface area (Å²) in [6.45, 7) is 3.60. The van der Waals surface area contributed by atoms with Crippen LogP contribution in [0.2, 0.25) is 0 Å². The molecule has 0 amide bonds. The molecule has 0 bridgehead atoms. The van der Waals surface area contributed by atoms with E-state index in [1.54, 1.807) is 0 Å². The summed E-state index contributed by atoms with van der Waals surface area (Å²) in [7, 11) is -4.77. The fraction of sp³-hybridized carbons (Fsp3) is 0.727. The number of hydrogen-bond acceptors (Lipinski definition) is 6. The van der Waals surface area contributed by atoms with Gasteiger partial charge >= 0.3 is 19.8 Å².